The van der Waals surface area contributed by atoms with E-state index in [1.807, 2.05) is 6.26 Å². The van der Waals surface area contributed by atoms with Crippen LogP contribution in [0.2, 0.25) is 0 Å². The second-order valence-corrected chi connectivity index (χ2v) is 4.84. The zero-order valence-corrected chi connectivity index (χ0v) is 9.76. The summed E-state index contributed by atoms with van der Waals surface area (Å²) in [5.74, 6) is 0.356. The standard InChI is InChI=1S/C10H17NO3S/c1-15-5-4-9(12)11(7-10(13)14)6-8-2-3-8/h8H,2-7H2,1H3,(H,13,14). The summed E-state index contributed by atoms with van der Waals surface area (Å²) in [5, 5.41) is 8.69. The van der Waals surface area contributed by atoms with Crippen molar-refractivity contribution in [2.24, 2.45) is 5.92 Å². The van der Waals surface area contributed by atoms with Crippen LogP contribution in [0.15, 0.2) is 0 Å². The van der Waals surface area contributed by atoms with Crippen molar-refractivity contribution in [1.82, 2.24) is 4.90 Å². The summed E-state index contributed by atoms with van der Waals surface area (Å²) in [6.07, 6.45) is 4.65. The van der Waals surface area contributed by atoms with Crippen molar-refractivity contribution < 1.29 is 14.7 Å². The van der Waals surface area contributed by atoms with Crippen LogP contribution in [0.5, 0.6) is 0 Å². The molecule has 1 amide bonds. The lowest BCUT2D eigenvalue weighted by Crippen LogP contribution is -2.37. The fourth-order valence-electron chi connectivity index (χ4n) is 1.38. The second kappa shape index (κ2) is 6.00. The van der Waals surface area contributed by atoms with Crippen LogP contribution in [0, 0.1) is 5.92 Å². The van der Waals surface area contributed by atoms with Gasteiger partial charge < -0.3 is 10.0 Å². The first-order valence-corrected chi connectivity index (χ1v) is 6.51. The summed E-state index contributed by atoms with van der Waals surface area (Å²) in [4.78, 5) is 23.7. The zero-order valence-electron chi connectivity index (χ0n) is 8.94. The fourth-order valence-corrected chi connectivity index (χ4v) is 1.76. The van der Waals surface area contributed by atoms with E-state index in [4.69, 9.17) is 5.11 Å². The van der Waals surface area contributed by atoms with Crippen LogP contribution in [0.3, 0.4) is 0 Å². The maximum Gasteiger partial charge on any atom is 0.323 e. The topological polar surface area (TPSA) is 57.6 Å². The van der Waals surface area contributed by atoms with Crippen molar-refractivity contribution in [2.45, 2.75) is 19.3 Å². The highest BCUT2D eigenvalue weighted by Gasteiger charge is 2.27. The zero-order chi connectivity index (χ0) is 11.3. The molecule has 1 N–H and O–H groups in total. The second-order valence-electron chi connectivity index (χ2n) is 3.85. The first-order chi connectivity index (χ1) is 7.13. The monoisotopic (exact) mass is 231 g/mol. The van der Waals surface area contributed by atoms with Crippen LogP contribution >= 0.6 is 11.8 Å². The van der Waals surface area contributed by atoms with Gasteiger partial charge in [-0.05, 0) is 25.0 Å². The van der Waals surface area contributed by atoms with Gasteiger partial charge in [0.15, 0.2) is 0 Å². The minimum atomic E-state index is -0.923. The van der Waals surface area contributed by atoms with E-state index in [2.05, 4.69) is 0 Å². The fraction of sp³-hybridized carbons (Fsp3) is 0.800. The normalized spacial score (nSPS) is 15.0. The summed E-state index contributed by atoms with van der Waals surface area (Å²) >= 11 is 1.61. The lowest BCUT2D eigenvalue weighted by molar-refractivity contribution is -0.144. The van der Waals surface area contributed by atoms with E-state index < -0.39 is 5.97 Å². The molecule has 0 aromatic carbocycles. The summed E-state index contributed by atoms with van der Waals surface area (Å²) in [6.45, 7) is 0.475. The minimum Gasteiger partial charge on any atom is -0.480 e. The average molecular weight is 231 g/mol. The third-order valence-electron chi connectivity index (χ3n) is 2.37. The molecule has 4 nitrogen and oxygen atoms in total. The number of aliphatic carboxylic acids is 1. The molecule has 0 aliphatic heterocycles. The van der Waals surface area contributed by atoms with Crippen molar-refractivity contribution >= 4 is 23.6 Å². The van der Waals surface area contributed by atoms with Crippen molar-refractivity contribution in [1.29, 1.82) is 0 Å². The molecule has 1 aliphatic rings. The highest BCUT2D eigenvalue weighted by Crippen LogP contribution is 2.29. The van der Waals surface area contributed by atoms with E-state index in [9.17, 15) is 9.59 Å². The number of thioether (sulfide) groups is 1. The molecule has 0 saturated heterocycles. The molecule has 0 bridgehead atoms. The van der Waals surface area contributed by atoms with E-state index in [0.29, 0.717) is 18.9 Å². The number of carboxylic acids is 1. The number of hydrogen-bond acceptors (Lipinski definition) is 3. The van der Waals surface area contributed by atoms with Gasteiger partial charge in [-0.15, -0.1) is 0 Å². The van der Waals surface area contributed by atoms with Gasteiger partial charge in [0, 0.05) is 18.7 Å². The lowest BCUT2D eigenvalue weighted by atomic mass is 10.3. The van der Waals surface area contributed by atoms with Gasteiger partial charge in [-0.1, -0.05) is 0 Å². The van der Waals surface area contributed by atoms with E-state index in [-0.39, 0.29) is 12.5 Å². The minimum absolute atomic E-state index is 0.0290. The van der Waals surface area contributed by atoms with Gasteiger partial charge in [-0.3, -0.25) is 9.59 Å². The molecule has 1 saturated carbocycles. The number of carbonyl (C=O) groups excluding carboxylic acids is 1. The molecule has 5 heteroatoms. The maximum atomic E-state index is 11.7. The Kier molecular flexibility index (Phi) is 4.94. The SMILES string of the molecule is CSCCC(=O)N(CC(=O)O)CC1CC1. The number of amides is 1. The third kappa shape index (κ3) is 5.06. The van der Waals surface area contributed by atoms with Gasteiger partial charge >= 0.3 is 5.97 Å². The van der Waals surface area contributed by atoms with Gasteiger partial charge in [0.1, 0.15) is 6.54 Å². The molecule has 0 unspecified atom stereocenters. The Morgan fingerprint density at radius 3 is 2.60 bits per heavy atom. The Morgan fingerprint density at radius 1 is 1.47 bits per heavy atom. The van der Waals surface area contributed by atoms with Gasteiger partial charge in [-0.2, -0.15) is 11.8 Å². The van der Waals surface area contributed by atoms with Crippen LogP contribution in [-0.4, -0.2) is 47.0 Å². The van der Waals surface area contributed by atoms with Crippen LogP contribution < -0.4 is 0 Å². The van der Waals surface area contributed by atoms with E-state index in [1.54, 1.807) is 11.8 Å². The van der Waals surface area contributed by atoms with Gasteiger partial charge in [-0.25, -0.2) is 0 Å². The Labute approximate surface area is 94.0 Å². The first kappa shape index (κ1) is 12.4. The molecule has 1 fully saturated rings. The predicted molar refractivity (Wildman–Crippen MR) is 59.9 cm³/mol. The number of rotatable bonds is 7. The van der Waals surface area contributed by atoms with Gasteiger partial charge in [0.2, 0.25) is 5.91 Å². The Hall–Kier alpha value is -0.710. The summed E-state index contributed by atoms with van der Waals surface area (Å²) in [6, 6.07) is 0. The Bertz CT molecular complexity index is 241. The lowest BCUT2D eigenvalue weighted by Gasteiger charge is -2.20. The van der Waals surface area contributed by atoms with Crippen LogP contribution in [0.1, 0.15) is 19.3 Å². The molecule has 0 heterocycles. The highest BCUT2D eigenvalue weighted by molar-refractivity contribution is 7.98. The van der Waals surface area contributed by atoms with Crippen molar-refractivity contribution in [3.05, 3.63) is 0 Å². The Balaban J connectivity index is 2.37. The average Bonchev–Trinajstić information content (AvgIpc) is 2.96. The molecule has 1 rings (SSSR count). The van der Waals surface area contributed by atoms with Crippen LogP contribution in [-0.2, 0) is 9.59 Å². The first-order valence-electron chi connectivity index (χ1n) is 5.12. The highest BCUT2D eigenvalue weighted by atomic mass is 32.2. The maximum absolute atomic E-state index is 11.7. The van der Waals surface area contributed by atoms with Crippen LogP contribution in [0.4, 0.5) is 0 Å². The number of hydrogen-bond donors (Lipinski definition) is 1. The van der Waals surface area contributed by atoms with Gasteiger partial charge in [0.05, 0.1) is 0 Å². The molecule has 1 aliphatic carbocycles. The molecular weight excluding hydrogens is 214 g/mol. The third-order valence-corrected chi connectivity index (χ3v) is 2.99. The van der Waals surface area contributed by atoms with E-state index >= 15 is 0 Å². The van der Waals surface area contributed by atoms with Gasteiger partial charge in [0.25, 0.3) is 0 Å². The summed E-state index contributed by atoms with van der Waals surface area (Å²) < 4.78 is 0. The van der Waals surface area contributed by atoms with Crippen molar-refractivity contribution in [2.75, 3.05) is 25.1 Å². The summed E-state index contributed by atoms with van der Waals surface area (Å²) in [5.41, 5.74) is 0. The molecule has 0 spiro atoms. The largest absolute Gasteiger partial charge is 0.480 e. The van der Waals surface area contributed by atoms with Crippen molar-refractivity contribution in [3.8, 4) is 0 Å². The summed E-state index contributed by atoms with van der Waals surface area (Å²) in [7, 11) is 0. The Morgan fingerprint density at radius 2 is 2.13 bits per heavy atom. The number of carboxylic acid groups (broad SMARTS) is 1. The van der Waals surface area contributed by atoms with Crippen LogP contribution in [0.25, 0.3) is 0 Å². The quantitative estimate of drug-likeness (QED) is 0.712. The number of nitrogens with zero attached hydrogens (tertiary/aromatic N) is 1. The molecule has 0 aromatic heterocycles. The van der Waals surface area contributed by atoms with E-state index in [1.165, 1.54) is 4.90 Å². The van der Waals surface area contributed by atoms with E-state index in [0.717, 1.165) is 18.6 Å². The number of carbonyl (C=O) groups is 2. The molecule has 86 valence electrons. The molecule has 0 radical (unpaired) electrons. The molecule has 15 heavy (non-hydrogen) atoms. The molecule has 0 aromatic rings. The smallest absolute Gasteiger partial charge is 0.323 e. The predicted octanol–water partition coefficient (Wildman–Crippen LogP) is 1.06. The van der Waals surface area contributed by atoms with Crippen molar-refractivity contribution in [3.63, 3.8) is 0 Å². The molecule has 0 atom stereocenters. The molecular formula is C10H17NO3S.